The second-order valence-corrected chi connectivity index (χ2v) is 8.90. The highest BCUT2D eigenvalue weighted by Gasteiger charge is 2.22. The summed E-state index contributed by atoms with van der Waals surface area (Å²) < 4.78 is 5.33. The van der Waals surface area contributed by atoms with Gasteiger partial charge in [0.15, 0.2) is 5.13 Å². The summed E-state index contributed by atoms with van der Waals surface area (Å²) in [6.07, 6.45) is 3.22. The molecule has 1 unspecified atom stereocenters. The maximum atomic E-state index is 12.4. The summed E-state index contributed by atoms with van der Waals surface area (Å²) in [7, 11) is 0. The molecular formula is C18H22N4O3S2. The highest BCUT2D eigenvalue weighted by molar-refractivity contribution is 7.14. The fourth-order valence-electron chi connectivity index (χ4n) is 3.33. The second-order valence-electron chi connectivity index (χ2n) is 6.93. The van der Waals surface area contributed by atoms with Crippen LogP contribution < -0.4 is 15.8 Å². The third-order valence-corrected chi connectivity index (χ3v) is 6.99. The molecule has 1 saturated heterocycles. The van der Waals surface area contributed by atoms with E-state index < -0.39 is 5.91 Å². The minimum atomic E-state index is -0.408. The van der Waals surface area contributed by atoms with Crippen molar-refractivity contribution in [2.24, 2.45) is 5.92 Å². The van der Waals surface area contributed by atoms with E-state index in [1.807, 2.05) is 6.07 Å². The Morgan fingerprint density at radius 1 is 1.26 bits per heavy atom. The van der Waals surface area contributed by atoms with E-state index in [4.69, 9.17) is 4.74 Å². The second kappa shape index (κ2) is 7.95. The molecule has 1 atom stereocenters. The normalized spacial score (nSPS) is 19.4. The van der Waals surface area contributed by atoms with Gasteiger partial charge in [0, 0.05) is 23.3 Å². The number of nitrogens with one attached hydrogen (secondary N) is 2. The van der Waals surface area contributed by atoms with Crippen LogP contribution in [0, 0.1) is 5.92 Å². The van der Waals surface area contributed by atoms with Crippen molar-refractivity contribution in [3.05, 3.63) is 32.5 Å². The van der Waals surface area contributed by atoms with Gasteiger partial charge in [-0.3, -0.25) is 20.4 Å². The molecule has 2 amide bonds. The van der Waals surface area contributed by atoms with Crippen LogP contribution in [0.15, 0.2) is 11.4 Å². The van der Waals surface area contributed by atoms with Gasteiger partial charge < -0.3 is 9.64 Å². The molecule has 2 N–H and O–H groups in total. The van der Waals surface area contributed by atoms with Gasteiger partial charge in [-0.05, 0) is 36.8 Å². The van der Waals surface area contributed by atoms with Crippen molar-refractivity contribution in [2.75, 3.05) is 31.2 Å². The zero-order chi connectivity index (χ0) is 18.8. The number of hydrogen-bond donors (Lipinski definition) is 2. The van der Waals surface area contributed by atoms with Crippen LogP contribution in [0.25, 0.3) is 0 Å². The highest BCUT2D eigenvalue weighted by Crippen LogP contribution is 2.32. The van der Waals surface area contributed by atoms with Gasteiger partial charge in [0.1, 0.15) is 5.69 Å². The Bertz CT molecular complexity index is 842. The average Bonchev–Trinajstić information content (AvgIpc) is 3.33. The van der Waals surface area contributed by atoms with Gasteiger partial charge in [-0.15, -0.1) is 22.7 Å². The molecule has 9 heteroatoms. The molecule has 3 heterocycles. The van der Waals surface area contributed by atoms with Gasteiger partial charge in [0.05, 0.1) is 18.1 Å². The molecule has 2 aromatic heterocycles. The zero-order valence-corrected chi connectivity index (χ0v) is 16.8. The molecule has 27 heavy (non-hydrogen) atoms. The fraction of sp³-hybridized carbons (Fsp3) is 0.500. The monoisotopic (exact) mass is 406 g/mol. The number of anilines is 1. The number of thiazole rings is 1. The van der Waals surface area contributed by atoms with Crippen molar-refractivity contribution in [2.45, 2.75) is 26.2 Å². The molecule has 1 fully saturated rings. The Morgan fingerprint density at radius 3 is 2.85 bits per heavy atom. The Labute approximate surface area is 165 Å². The van der Waals surface area contributed by atoms with Gasteiger partial charge in [-0.25, -0.2) is 4.98 Å². The maximum absolute atomic E-state index is 12.4. The van der Waals surface area contributed by atoms with E-state index in [-0.39, 0.29) is 5.91 Å². The van der Waals surface area contributed by atoms with Crippen molar-refractivity contribution >= 4 is 39.6 Å². The first-order valence-electron chi connectivity index (χ1n) is 9.10. The quantitative estimate of drug-likeness (QED) is 0.764. The topological polar surface area (TPSA) is 83.6 Å². The van der Waals surface area contributed by atoms with Crippen molar-refractivity contribution in [1.82, 2.24) is 15.8 Å². The van der Waals surface area contributed by atoms with Gasteiger partial charge in [0.2, 0.25) is 0 Å². The first-order chi connectivity index (χ1) is 13.1. The molecule has 4 rings (SSSR count). The van der Waals surface area contributed by atoms with Crippen LogP contribution in [-0.4, -0.2) is 43.1 Å². The molecular weight excluding hydrogens is 384 g/mol. The number of rotatable bonds is 3. The largest absolute Gasteiger partial charge is 0.378 e. The Morgan fingerprint density at radius 2 is 2.04 bits per heavy atom. The summed E-state index contributed by atoms with van der Waals surface area (Å²) in [5.41, 5.74) is 6.56. The van der Waals surface area contributed by atoms with Gasteiger partial charge in [-0.1, -0.05) is 6.92 Å². The molecule has 0 bridgehead atoms. The van der Waals surface area contributed by atoms with Crippen LogP contribution >= 0.6 is 22.7 Å². The fourth-order valence-corrected chi connectivity index (χ4v) is 5.29. The van der Waals surface area contributed by atoms with Crippen molar-refractivity contribution in [3.8, 4) is 0 Å². The summed E-state index contributed by atoms with van der Waals surface area (Å²) in [4.78, 5) is 33.1. The number of morpholine rings is 1. The SMILES string of the molecule is CC1CCc2sc(C(=O)NNC(=O)c3csc(N4CCOCC4)n3)cc2C1. The molecule has 144 valence electrons. The molecule has 1 aliphatic heterocycles. The Kier molecular flexibility index (Phi) is 5.42. The number of fused-ring (bicyclic) bond motifs is 1. The number of hydrazine groups is 1. The Balaban J connectivity index is 1.34. The lowest BCUT2D eigenvalue weighted by molar-refractivity contribution is 0.0846. The average molecular weight is 407 g/mol. The number of carbonyl (C=O) groups is 2. The van der Waals surface area contributed by atoms with Crippen molar-refractivity contribution in [1.29, 1.82) is 0 Å². The third-order valence-electron chi connectivity index (χ3n) is 4.85. The summed E-state index contributed by atoms with van der Waals surface area (Å²) in [5, 5.41) is 2.51. The standard InChI is InChI=1S/C18H22N4O3S2/c1-11-2-3-14-12(8-11)9-15(27-14)17(24)21-20-16(23)13-10-26-18(19-13)22-4-6-25-7-5-22/h9-11H,2-8H2,1H3,(H,20,23)(H,21,24). The van der Waals surface area contributed by atoms with Crippen LogP contribution in [0.5, 0.6) is 0 Å². The lowest BCUT2D eigenvalue weighted by atomic mass is 9.90. The molecule has 1 aliphatic carbocycles. The number of aryl methyl sites for hydroxylation is 1. The number of amides is 2. The molecule has 2 aromatic rings. The third kappa shape index (κ3) is 4.15. The van der Waals surface area contributed by atoms with E-state index in [2.05, 4.69) is 27.7 Å². The minimum absolute atomic E-state index is 0.279. The van der Waals surface area contributed by atoms with Gasteiger partial charge in [-0.2, -0.15) is 0 Å². The number of ether oxygens (including phenoxy) is 1. The lowest BCUT2D eigenvalue weighted by Gasteiger charge is -2.25. The van der Waals surface area contributed by atoms with Crippen LogP contribution in [0.2, 0.25) is 0 Å². The first-order valence-corrected chi connectivity index (χ1v) is 10.8. The van der Waals surface area contributed by atoms with Crippen LogP contribution in [0.4, 0.5) is 5.13 Å². The van der Waals surface area contributed by atoms with Crippen molar-refractivity contribution in [3.63, 3.8) is 0 Å². The minimum Gasteiger partial charge on any atom is -0.378 e. The summed E-state index contributed by atoms with van der Waals surface area (Å²) in [5.74, 6) is -0.0267. The number of nitrogens with zero attached hydrogens (tertiary/aromatic N) is 2. The first kappa shape index (κ1) is 18.4. The number of aromatic nitrogens is 1. The summed E-state index contributed by atoms with van der Waals surface area (Å²) >= 11 is 2.94. The van der Waals surface area contributed by atoms with Crippen molar-refractivity contribution < 1.29 is 14.3 Å². The van der Waals surface area contributed by atoms with E-state index in [0.717, 1.165) is 31.1 Å². The number of hydrogen-bond acceptors (Lipinski definition) is 7. The van der Waals surface area contributed by atoms with Crippen LogP contribution in [-0.2, 0) is 17.6 Å². The Hall–Kier alpha value is -1.97. The van der Waals surface area contributed by atoms with E-state index in [1.165, 1.54) is 39.5 Å². The molecule has 0 aromatic carbocycles. The zero-order valence-electron chi connectivity index (χ0n) is 15.1. The van der Waals surface area contributed by atoms with E-state index in [1.54, 1.807) is 5.38 Å². The van der Waals surface area contributed by atoms with E-state index in [0.29, 0.717) is 29.7 Å². The molecule has 2 aliphatic rings. The lowest BCUT2D eigenvalue weighted by Crippen LogP contribution is -2.41. The molecule has 7 nitrogen and oxygen atoms in total. The van der Waals surface area contributed by atoms with Gasteiger partial charge in [0.25, 0.3) is 11.8 Å². The van der Waals surface area contributed by atoms with E-state index in [9.17, 15) is 9.59 Å². The number of carbonyl (C=O) groups excluding carboxylic acids is 2. The molecule has 0 saturated carbocycles. The summed E-state index contributed by atoms with van der Waals surface area (Å²) in [6, 6.07) is 1.95. The van der Waals surface area contributed by atoms with E-state index >= 15 is 0 Å². The van der Waals surface area contributed by atoms with Crippen LogP contribution in [0.1, 0.15) is 43.9 Å². The van der Waals surface area contributed by atoms with Gasteiger partial charge >= 0.3 is 0 Å². The van der Waals surface area contributed by atoms with Crippen LogP contribution in [0.3, 0.4) is 0 Å². The molecule has 0 radical (unpaired) electrons. The maximum Gasteiger partial charge on any atom is 0.289 e. The summed E-state index contributed by atoms with van der Waals surface area (Å²) in [6.45, 7) is 5.11. The number of thiophene rings is 1. The molecule has 0 spiro atoms. The highest BCUT2D eigenvalue weighted by atomic mass is 32.1. The smallest absolute Gasteiger partial charge is 0.289 e. The predicted octanol–water partition coefficient (Wildman–Crippen LogP) is 2.24. The predicted molar refractivity (Wildman–Crippen MR) is 106 cm³/mol.